The number of methoxy groups -OCH3 is 1. The van der Waals surface area contributed by atoms with Crippen molar-refractivity contribution in [2.45, 2.75) is 93.0 Å². The molecule has 2 unspecified atom stereocenters. The minimum atomic E-state index is -3.14. The van der Waals surface area contributed by atoms with Gasteiger partial charge in [0, 0.05) is 11.4 Å². The summed E-state index contributed by atoms with van der Waals surface area (Å²) in [6, 6.07) is 5.74. The molecule has 0 saturated carbocycles. The summed E-state index contributed by atoms with van der Waals surface area (Å²) in [5, 5.41) is 5.83. The van der Waals surface area contributed by atoms with Gasteiger partial charge >= 0.3 is 5.97 Å². The van der Waals surface area contributed by atoms with Crippen LogP contribution in [0.5, 0.6) is 0 Å². The van der Waals surface area contributed by atoms with Crippen LogP contribution >= 0.6 is 8.54 Å². The highest BCUT2D eigenvalue weighted by Crippen LogP contribution is 2.50. The van der Waals surface area contributed by atoms with Crippen molar-refractivity contribution < 1.29 is 22.7 Å². The number of amides is 1. The fourth-order valence-corrected chi connectivity index (χ4v) is 4.55. The number of allylic oxidation sites excluding steroid dienone is 4. The van der Waals surface area contributed by atoms with Crippen molar-refractivity contribution in [3.63, 3.8) is 0 Å². The minimum Gasteiger partial charge on any atom is -0.469 e. The van der Waals surface area contributed by atoms with Crippen LogP contribution < -0.4 is 16.4 Å². The maximum absolute atomic E-state index is 13.1. The largest absolute Gasteiger partial charge is 0.469 e. The molecule has 2 atom stereocenters. The van der Waals surface area contributed by atoms with Crippen LogP contribution in [-0.4, -0.2) is 45.2 Å². The summed E-state index contributed by atoms with van der Waals surface area (Å²) in [6.07, 6.45) is 8.17. The molecular formula is C33H56F2N3O3P. The lowest BCUT2D eigenvalue weighted by Crippen LogP contribution is -2.40. The van der Waals surface area contributed by atoms with Crippen LogP contribution in [0.15, 0.2) is 47.8 Å². The Bertz CT molecular complexity index is 977. The second-order valence-corrected chi connectivity index (χ2v) is 10.6. The van der Waals surface area contributed by atoms with Crippen LogP contribution in [0, 0.1) is 12.8 Å². The summed E-state index contributed by atoms with van der Waals surface area (Å²) in [7, 11) is 0.136. The number of aryl methyl sites for hydroxylation is 1. The molecule has 0 heterocycles. The van der Waals surface area contributed by atoms with Crippen molar-refractivity contribution in [3.05, 3.63) is 64.5 Å². The van der Waals surface area contributed by atoms with Crippen LogP contribution in [0.25, 0.3) is 5.57 Å². The summed E-state index contributed by atoms with van der Waals surface area (Å²) in [4.78, 5) is 23.6. The van der Waals surface area contributed by atoms with Crippen LogP contribution in [0.2, 0.25) is 0 Å². The molecule has 2 rings (SSSR count). The van der Waals surface area contributed by atoms with Crippen molar-refractivity contribution in [2.24, 2.45) is 11.7 Å². The number of esters is 1. The predicted molar refractivity (Wildman–Crippen MR) is 177 cm³/mol. The Labute approximate surface area is 255 Å². The molecule has 6 nitrogen and oxygen atoms in total. The third-order valence-electron chi connectivity index (χ3n) is 6.39. The number of benzene rings is 1. The SMILES string of the molecule is C=C(C(C)Cc1cc(C2=CC(CC(CC(=O)OC)NC(=O)CN)=CCC2)ccc1C)P(F)F.CC.CC.CCCNC. The average Bonchev–Trinajstić information content (AvgIpc) is 3.00. The first kappa shape index (κ1) is 41.7. The van der Waals surface area contributed by atoms with Crippen LogP contribution in [-0.2, 0) is 20.7 Å². The molecular weight excluding hydrogens is 555 g/mol. The fraction of sp³-hybridized carbons (Fsp3) is 0.576. The van der Waals surface area contributed by atoms with E-state index in [9.17, 15) is 18.0 Å². The first-order chi connectivity index (χ1) is 20.1. The zero-order valence-electron chi connectivity index (χ0n) is 27.4. The molecule has 240 valence electrons. The monoisotopic (exact) mass is 611 g/mol. The number of hydrogen-bond acceptors (Lipinski definition) is 5. The molecule has 0 bridgehead atoms. The van der Waals surface area contributed by atoms with Crippen molar-refractivity contribution in [1.29, 1.82) is 0 Å². The Morgan fingerprint density at radius 3 is 2.31 bits per heavy atom. The maximum Gasteiger partial charge on any atom is 0.307 e. The molecule has 1 amide bonds. The second kappa shape index (κ2) is 25.1. The summed E-state index contributed by atoms with van der Waals surface area (Å²) in [5.41, 5.74) is 10.7. The van der Waals surface area contributed by atoms with Crippen LogP contribution in [0.1, 0.15) is 90.3 Å². The Kier molecular flexibility index (Phi) is 25.0. The molecule has 9 heteroatoms. The van der Waals surface area contributed by atoms with Gasteiger partial charge in [0.15, 0.2) is 0 Å². The topological polar surface area (TPSA) is 93.5 Å². The van der Waals surface area contributed by atoms with E-state index in [4.69, 9.17) is 10.5 Å². The van der Waals surface area contributed by atoms with E-state index in [0.717, 1.165) is 47.2 Å². The number of carbonyl (C=O) groups is 2. The number of carbonyl (C=O) groups excluding carboxylic acids is 2. The average molecular weight is 612 g/mol. The highest BCUT2D eigenvalue weighted by Gasteiger charge is 2.21. The van der Waals surface area contributed by atoms with Crippen molar-refractivity contribution in [3.8, 4) is 0 Å². The zero-order chi connectivity index (χ0) is 32.7. The molecule has 1 aromatic rings. The lowest BCUT2D eigenvalue weighted by Gasteiger charge is -2.21. The van der Waals surface area contributed by atoms with Gasteiger partial charge < -0.3 is 21.1 Å². The van der Waals surface area contributed by atoms with E-state index in [1.807, 2.05) is 53.8 Å². The van der Waals surface area contributed by atoms with E-state index in [2.05, 4.69) is 42.4 Å². The molecule has 1 aliphatic rings. The summed E-state index contributed by atoms with van der Waals surface area (Å²) in [6.45, 7) is 18.5. The fourth-order valence-electron chi connectivity index (χ4n) is 4.12. The van der Waals surface area contributed by atoms with Gasteiger partial charge in [-0.2, -0.15) is 8.39 Å². The molecule has 4 N–H and O–H groups in total. The third kappa shape index (κ3) is 16.9. The molecule has 0 aromatic heterocycles. The highest BCUT2D eigenvalue weighted by atomic mass is 31.2. The van der Waals surface area contributed by atoms with Crippen LogP contribution in [0.3, 0.4) is 0 Å². The van der Waals surface area contributed by atoms with Gasteiger partial charge in [-0.1, -0.05) is 78.5 Å². The number of rotatable bonds is 13. The summed E-state index contributed by atoms with van der Waals surface area (Å²) < 4.78 is 30.9. The zero-order valence-corrected chi connectivity index (χ0v) is 28.3. The maximum atomic E-state index is 13.1. The van der Waals surface area contributed by atoms with Gasteiger partial charge in [-0.05, 0) is 86.4 Å². The number of ether oxygens (including phenoxy) is 1. The normalized spacial score (nSPS) is 13.4. The van der Waals surface area contributed by atoms with Gasteiger partial charge in [-0.25, -0.2) is 0 Å². The molecule has 0 aliphatic heterocycles. The number of nitrogens with two attached hydrogens (primary N) is 1. The third-order valence-corrected chi connectivity index (χ3v) is 7.26. The number of hydrogen-bond donors (Lipinski definition) is 3. The second-order valence-electron chi connectivity index (χ2n) is 9.51. The van der Waals surface area contributed by atoms with Crippen molar-refractivity contribution >= 4 is 26.0 Å². The summed E-state index contributed by atoms with van der Waals surface area (Å²) >= 11 is 0. The Balaban J connectivity index is 0. The van der Waals surface area contributed by atoms with Crippen molar-refractivity contribution in [1.82, 2.24) is 10.6 Å². The lowest BCUT2D eigenvalue weighted by molar-refractivity contribution is -0.141. The first-order valence-corrected chi connectivity index (χ1v) is 16.2. The Morgan fingerprint density at radius 2 is 1.81 bits per heavy atom. The van der Waals surface area contributed by atoms with Crippen molar-refractivity contribution in [2.75, 3.05) is 27.2 Å². The van der Waals surface area contributed by atoms with Gasteiger partial charge in [0.25, 0.3) is 8.54 Å². The van der Waals surface area contributed by atoms with Gasteiger partial charge in [0.1, 0.15) is 0 Å². The van der Waals surface area contributed by atoms with E-state index in [1.165, 1.54) is 13.5 Å². The Morgan fingerprint density at radius 1 is 1.17 bits per heavy atom. The molecule has 1 aromatic carbocycles. The Hall–Kier alpha value is -2.41. The molecule has 0 saturated heterocycles. The van der Waals surface area contributed by atoms with E-state index >= 15 is 0 Å². The van der Waals surface area contributed by atoms with Gasteiger partial charge in [0.2, 0.25) is 5.91 Å². The minimum absolute atomic E-state index is 0.0214. The number of halogens is 2. The number of nitrogens with one attached hydrogen (secondary N) is 2. The summed E-state index contributed by atoms with van der Waals surface area (Å²) in [5.74, 6) is -1.02. The van der Waals surface area contributed by atoms with E-state index in [1.54, 1.807) is 6.92 Å². The molecule has 1 aliphatic carbocycles. The predicted octanol–water partition coefficient (Wildman–Crippen LogP) is 8.11. The van der Waals surface area contributed by atoms with Gasteiger partial charge in [0.05, 0.1) is 20.1 Å². The quantitative estimate of drug-likeness (QED) is 0.155. The smallest absolute Gasteiger partial charge is 0.307 e. The first-order valence-electron chi connectivity index (χ1n) is 15.1. The molecule has 0 spiro atoms. The van der Waals surface area contributed by atoms with E-state index in [-0.39, 0.29) is 30.1 Å². The molecule has 42 heavy (non-hydrogen) atoms. The van der Waals surface area contributed by atoms with E-state index < -0.39 is 20.6 Å². The standard InChI is InChI=1S/C25H33F2N2O3P.C4H11N.2C2H6/c1-16-8-9-21(13-22(16)10-17(2)18(3)33(26)27)20-7-5-6-19(11-20)12-23(14-25(31)32-4)29-24(30)15-28;1-3-4-5-2;2*1-2/h6,8-9,11,13,17,23H,3,5,7,10,12,14-15,28H2,1-2,4H3,(H,29,30);5H,3-4H2,1-2H3;2*1-2H3. The van der Waals surface area contributed by atoms with Gasteiger partial charge in [-0.15, -0.1) is 0 Å². The highest BCUT2D eigenvalue weighted by molar-refractivity contribution is 7.51. The molecule has 0 radical (unpaired) electrons. The molecule has 0 fully saturated rings. The van der Waals surface area contributed by atoms with Gasteiger partial charge in [-0.3, -0.25) is 9.59 Å². The lowest BCUT2D eigenvalue weighted by atomic mass is 9.88. The van der Waals surface area contributed by atoms with Crippen LogP contribution in [0.4, 0.5) is 8.39 Å². The van der Waals surface area contributed by atoms with E-state index in [0.29, 0.717) is 12.8 Å².